The molecule has 1 aliphatic heterocycles. The molecule has 0 saturated carbocycles. The number of likely N-dealkylation sites (tertiary alicyclic amines) is 1. The van der Waals surface area contributed by atoms with Crippen LogP contribution in [0.4, 0.5) is 0 Å². The summed E-state index contributed by atoms with van der Waals surface area (Å²) in [6.45, 7) is 5.54. The van der Waals surface area contributed by atoms with E-state index in [1.807, 2.05) is 0 Å². The summed E-state index contributed by atoms with van der Waals surface area (Å²) < 4.78 is 5.00. The molecule has 2 heteroatoms. The molecule has 0 radical (unpaired) electrons. The summed E-state index contributed by atoms with van der Waals surface area (Å²) in [7, 11) is 1.76. The number of ether oxygens (including phenoxy) is 1. The molecule has 2 nitrogen and oxygen atoms in total. The molecule has 0 aromatic rings. The van der Waals surface area contributed by atoms with Gasteiger partial charge in [0.05, 0.1) is 6.61 Å². The highest BCUT2D eigenvalue weighted by Gasteiger charge is 2.24. The molecule has 0 aromatic carbocycles. The first-order chi connectivity index (χ1) is 4.88. The molecule has 0 aliphatic carbocycles. The van der Waals surface area contributed by atoms with Gasteiger partial charge in [-0.15, -0.1) is 0 Å². The Morgan fingerprint density at radius 3 is 2.80 bits per heavy atom. The van der Waals surface area contributed by atoms with Gasteiger partial charge < -0.3 is 4.74 Å². The Kier molecular flexibility index (Phi) is 3.16. The average Bonchev–Trinajstić information content (AvgIpc) is 1.88. The second-order valence-electron chi connectivity index (χ2n) is 2.88. The Balaban J connectivity index is 2.05. The van der Waals surface area contributed by atoms with Crippen molar-refractivity contribution < 1.29 is 4.74 Å². The Hall–Kier alpha value is -0.0800. The lowest BCUT2D eigenvalue weighted by Gasteiger charge is -2.40. The first-order valence-corrected chi connectivity index (χ1v) is 4.11. The Morgan fingerprint density at radius 2 is 2.40 bits per heavy atom. The first-order valence-electron chi connectivity index (χ1n) is 4.11. The molecule has 1 atom stereocenters. The smallest absolute Gasteiger partial charge is 0.0589 e. The molecule has 60 valence electrons. The number of hydrogen-bond acceptors (Lipinski definition) is 2. The minimum Gasteiger partial charge on any atom is -0.383 e. The van der Waals surface area contributed by atoms with Crippen molar-refractivity contribution >= 4 is 0 Å². The molecule has 1 heterocycles. The SMILES string of the molecule is CC[C@H]1CCN1CCOC. The van der Waals surface area contributed by atoms with Crippen LogP contribution in [0, 0.1) is 0 Å². The van der Waals surface area contributed by atoms with Crippen LogP contribution in [0.15, 0.2) is 0 Å². The van der Waals surface area contributed by atoms with E-state index in [9.17, 15) is 0 Å². The normalized spacial score (nSPS) is 26.4. The second-order valence-corrected chi connectivity index (χ2v) is 2.88. The Morgan fingerprint density at radius 1 is 1.60 bits per heavy atom. The van der Waals surface area contributed by atoms with Gasteiger partial charge in [-0.1, -0.05) is 6.92 Å². The van der Waals surface area contributed by atoms with Crippen LogP contribution in [0.2, 0.25) is 0 Å². The molecule has 0 aromatic heterocycles. The van der Waals surface area contributed by atoms with Gasteiger partial charge in [-0.3, -0.25) is 4.90 Å². The largest absolute Gasteiger partial charge is 0.383 e. The summed E-state index contributed by atoms with van der Waals surface area (Å²) in [5.41, 5.74) is 0. The molecule has 1 saturated heterocycles. The van der Waals surface area contributed by atoms with Crippen molar-refractivity contribution in [3.05, 3.63) is 0 Å². The fourth-order valence-corrected chi connectivity index (χ4v) is 1.46. The zero-order chi connectivity index (χ0) is 7.40. The zero-order valence-electron chi connectivity index (χ0n) is 6.97. The quantitative estimate of drug-likeness (QED) is 0.584. The fraction of sp³-hybridized carbons (Fsp3) is 1.00. The summed E-state index contributed by atoms with van der Waals surface area (Å²) in [6, 6.07) is 0.857. The summed E-state index contributed by atoms with van der Waals surface area (Å²) in [5.74, 6) is 0. The lowest BCUT2D eigenvalue weighted by Crippen LogP contribution is -2.48. The van der Waals surface area contributed by atoms with Crippen molar-refractivity contribution in [1.29, 1.82) is 0 Å². The summed E-state index contributed by atoms with van der Waals surface area (Å²) >= 11 is 0. The third-order valence-electron chi connectivity index (χ3n) is 2.32. The molecule has 0 N–H and O–H groups in total. The van der Waals surface area contributed by atoms with Gasteiger partial charge in [-0.2, -0.15) is 0 Å². The molecule has 0 bridgehead atoms. The van der Waals surface area contributed by atoms with E-state index in [-0.39, 0.29) is 0 Å². The van der Waals surface area contributed by atoms with Gasteiger partial charge >= 0.3 is 0 Å². The van der Waals surface area contributed by atoms with Crippen molar-refractivity contribution in [1.82, 2.24) is 4.90 Å². The van der Waals surface area contributed by atoms with Crippen LogP contribution in [0.3, 0.4) is 0 Å². The predicted octanol–water partition coefficient (Wildman–Crippen LogP) is 1.12. The lowest BCUT2D eigenvalue weighted by atomic mass is 10.0. The Labute approximate surface area is 63.2 Å². The molecule has 0 spiro atoms. The van der Waals surface area contributed by atoms with Crippen LogP contribution >= 0.6 is 0 Å². The number of rotatable bonds is 4. The zero-order valence-corrected chi connectivity index (χ0v) is 6.97. The van der Waals surface area contributed by atoms with E-state index in [1.54, 1.807) is 7.11 Å². The van der Waals surface area contributed by atoms with Crippen LogP contribution in [0.1, 0.15) is 19.8 Å². The number of nitrogens with zero attached hydrogens (tertiary/aromatic N) is 1. The van der Waals surface area contributed by atoms with E-state index in [0.29, 0.717) is 0 Å². The third kappa shape index (κ3) is 1.70. The molecular formula is C8H17NO. The fourth-order valence-electron chi connectivity index (χ4n) is 1.46. The summed E-state index contributed by atoms with van der Waals surface area (Å²) in [6.07, 6.45) is 2.68. The first kappa shape index (κ1) is 8.02. The van der Waals surface area contributed by atoms with E-state index in [1.165, 1.54) is 19.4 Å². The van der Waals surface area contributed by atoms with Crippen LogP contribution in [0.5, 0.6) is 0 Å². The van der Waals surface area contributed by atoms with E-state index in [4.69, 9.17) is 4.74 Å². The molecule has 1 rings (SSSR count). The van der Waals surface area contributed by atoms with Crippen LogP contribution in [-0.2, 0) is 4.74 Å². The maximum absolute atomic E-state index is 5.00. The maximum Gasteiger partial charge on any atom is 0.0589 e. The average molecular weight is 143 g/mol. The van der Waals surface area contributed by atoms with E-state index < -0.39 is 0 Å². The topological polar surface area (TPSA) is 12.5 Å². The highest BCUT2D eigenvalue weighted by molar-refractivity contribution is 4.80. The third-order valence-corrected chi connectivity index (χ3v) is 2.32. The van der Waals surface area contributed by atoms with Gasteiger partial charge in [0, 0.05) is 26.2 Å². The van der Waals surface area contributed by atoms with Gasteiger partial charge in [0.15, 0.2) is 0 Å². The van der Waals surface area contributed by atoms with Crippen LogP contribution < -0.4 is 0 Å². The number of hydrogen-bond donors (Lipinski definition) is 0. The van der Waals surface area contributed by atoms with Crippen LogP contribution in [0.25, 0.3) is 0 Å². The number of methoxy groups -OCH3 is 1. The molecule has 10 heavy (non-hydrogen) atoms. The van der Waals surface area contributed by atoms with E-state index in [0.717, 1.165) is 19.2 Å². The molecule has 0 unspecified atom stereocenters. The van der Waals surface area contributed by atoms with Crippen molar-refractivity contribution in [2.75, 3.05) is 26.8 Å². The molecule has 0 amide bonds. The van der Waals surface area contributed by atoms with Crippen molar-refractivity contribution in [2.24, 2.45) is 0 Å². The van der Waals surface area contributed by atoms with Gasteiger partial charge in [-0.25, -0.2) is 0 Å². The minimum atomic E-state index is 0.857. The molecule has 1 aliphatic rings. The monoisotopic (exact) mass is 143 g/mol. The van der Waals surface area contributed by atoms with E-state index in [2.05, 4.69) is 11.8 Å². The van der Waals surface area contributed by atoms with Gasteiger partial charge in [0.1, 0.15) is 0 Å². The maximum atomic E-state index is 5.00. The molecular weight excluding hydrogens is 126 g/mol. The standard InChI is InChI=1S/C8H17NO/c1-3-8-4-5-9(8)6-7-10-2/h8H,3-7H2,1-2H3/t8-/m0/s1. The second kappa shape index (κ2) is 3.94. The van der Waals surface area contributed by atoms with Gasteiger partial charge in [0.2, 0.25) is 0 Å². The van der Waals surface area contributed by atoms with Crippen molar-refractivity contribution in [3.63, 3.8) is 0 Å². The summed E-state index contributed by atoms with van der Waals surface area (Å²) in [4.78, 5) is 2.49. The Bertz CT molecular complexity index is 93.3. The highest BCUT2D eigenvalue weighted by atomic mass is 16.5. The summed E-state index contributed by atoms with van der Waals surface area (Å²) in [5, 5.41) is 0. The lowest BCUT2D eigenvalue weighted by molar-refractivity contribution is 0.0538. The highest BCUT2D eigenvalue weighted by Crippen LogP contribution is 2.18. The van der Waals surface area contributed by atoms with E-state index >= 15 is 0 Å². The van der Waals surface area contributed by atoms with Gasteiger partial charge in [0.25, 0.3) is 0 Å². The minimum absolute atomic E-state index is 0.857. The van der Waals surface area contributed by atoms with Crippen LogP contribution in [-0.4, -0.2) is 37.7 Å². The van der Waals surface area contributed by atoms with Crippen molar-refractivity contribution in [2.45, 2.75) is 25.8 Å². The van der Waals surface area contributed by atoms with Gasteiger partial charge in [-0.05, 0) is 12.8 Å². The van der Waals surface area contributed by atoms with Crippen molar-refractivity contribution in [3.8, 4) is 0 Å². The predicted molar refractivity (Wildman–Crippen MR) is 42.1 cm³/mol. The molecule has 1 fully saturated rings.